The first kappa shape index (κ1) is 23.7. The van der Waals surface area contributed by atoms with E-state index < -0.39 is 0 Å². The van der Waals surface area contributed by atoms with Crippen LogP contribution in [0.4, 0.5) is 0 Å². The van der Waals surface area contributed by atoms with Gasteiger partial charge in [0, 0.05) is 6.04 Å². The molecule has 4 rings (SSSR count). The molecule has 0 aromatic heterocycles. The van der Waals surface area contributed by atoms with Gasteiger partial charge in [0.15, 0.2) is 16.7 Å². The predicted octanol–water partition coefficient (Wildman–Crippen LogP) is 6.79. The monoisotopic (exact) mass is 520 g/mol. The van der Waals surface area contributed by atoms with E-state index in [9.17, 15) is 4.79 Å². The molecule has 1 aliphatic heterocycles. The molecule has 1 saturated heterocycles. The van der Waals surface area contributed by atoms with Crippen molar-refractivity contribution in [2.45, 2.75) is 83.2 Å². The Hall–Kier alpha value is -1.47. The molecule has 0 spiro atoms. The molecule has 174 valence electrons. The van der Waals surface area contributed by atoms with Gasteiger partial charge in [-0.25, -0.2) is 0 Å². The van der Waals surface area contributed by atoms with Gasteiger partial charge in [0.25, 0.3) is 5.91 Å². The summed E-state index contributed by atoms with van der Waals surface area (Å²) >= 11 is 5.14. The summed E-state index contributed by atoms with van der Waals surface area (Å²) in [5.74, 6) is 1.44. The van der Waals surface area contributed by atoms with Crippen LogP contribution in [-0.2, 0) is 4.79 Å². The largest absolute Gasteiger partial charge is 0.493 e. The van der Waals surface area contributed by atoms with Gasteiger partial charge in [0.2, 0.25) is 0 Å². The van der Waals surface area contributed by atoms with Gasteiger partial charge in [-0.05, 0) is 84.1 Å². The molecule has 1 heterocycles. The normalized spacial score (nSPS) is 23.3. The maximum Gasteiger partial charge on any atom is 0.266 e. The Morgan fingerprint density at radius 1 is 1.12 bits per heavy atom. The second-order valence-corrected chi connectivity index (χ2v) is 10.6. The highest BCUT2D eigenvalue weighted by Crippen LogP contribution is 2.41. The van der Waals surface area contributed by atoms with Crippen molar-refractivity contribution < 1.29 is 14.3 Å². The Morgan fingerprint density at radius 3 is 2.47 bits per heavy atom. The number of hydrogen-bond donors (Lipinski definition) is 0. The zero-order valence-electron chi connectivity index (χ0n) is 19.1. The number of methoxy groups -OCH3 is 1. The highest BCUT2D eigenvalue weighted by atomic mass is 79.9. The molecule has 3 fully saturated rings. The third kappa shape index (κ3) is 5.36. The molecule has 2 saturated carbocycles. The topological polar surface area (TPSA) is 51.1 Å². The van der Waals surface area contributed by atoms with Gasteiger partial charge in [-0.3, -0.25) is 14.7 Å². The summed E-state index contributed by atoms with van der Waals surface area (Å²) in [5.41, 5.74) is 0.913. The van der Waals surface area contributed by atoms with Gasteiger partial charge in [-0.15, -0.1) is 0 Å². The smallest absolute Gasteiger partial charge is 0.266 e. The molecule has 1 amide bonds. The van der Waals surface area contributed by atoms with E-state index >= 15 is 0 Å². The summed E-state index contributed by atoms with van der Waals surface area (Å²) in [6.07, 6.45) is 13.8. The molecular formula is C25H33BrN2O3S. The first-order valence-electron chi connectivity index (χ1n) is 11.9. The number of amidine groups is 1. The number of hydrogen-bond acceptors (Lipinski definition) is 5. The molecule has 3 aliphatic rings. The van der Waals surface area contributed by atoms with E-state index in [1.165, 1.54) is 38.5 Å². The summed E-state index contributed by atoms with van der Waals surface area (Å²) in [6, 6.07) is 4.54. The van der Waals surface area contributed by atoms with Crippen LogP contribution in [0.25, 0.3) is 6.08 Å². The van der Waals surface area contributed by atoms with Crippen molar-refractivity contribution in [1.29, 1.82) is 0 Å². The van der Waals surface area contributed by atoms with Crippen molar-refractivity contribution in [2.75, 3.05) is 13.7 Å². The predicted molar refractivity (Wildman–Crippen MR) is 135 cm³/mol. The van der Waals surface area contributed by atoms with E-state index in [2.05, 4.69) is 15.9 Å². The third-order valence-electron chi connectivity index (χ3n) is 6.48. The first-order chi connectivity index (χ1) is 15.6. The summed E-state index contributed by atoms with van der Waals surface area (Å²) in [7, 11) is 1.64. The minimum atomic E-state index is 0.0976. The quantitative estimate of drug-likeness (QED) is 0.387. The molecule has 5 nitrogen and oxygen atoms in total. The number of aliphatic imine (C=N–C) groups is 1. The minimum Gasteiger partial charge on any atom is -0.493 e. The van der Waals surface area contributed by atoms with Crippen LogP contribution in [0, 0.1) is 0 Å². The van der Waals surface area contributed by atoms with E-state index in [0.717, 1.165) is 45.8 Å². The van der Waals surface area contributed by atoms with Crippen LogP contribution in [0.1, 0.15) is 76.7 Å². The number of thioether (sulfide) groups is 1. The molecule has 1 aromatic carbocycles. The summed E-state index contributed by atoms with van der Waals surface area (Å²) in [4.78, 5) is 21.4. The van der Waals surface area contributed by atoms with Gasteiger partial charge >= 0.3 is 0 Å². The Labute approximate surface area is 204 Å². The lowest BCUT2D eigenvalue weighted by Crippen LogP contribution is -2.41. The van der Waals surface area contributed by atoms with Crippen LogP contribution in [0.15, 0.2) is 26.5 Å². The van der Waals surface area contributed by atoms with E-state index in [1.54, 1.807) is 18.9 Å². The second kappa shape index (κ2) is 11.1. The van der Waals surface area contributed by atoms with Crippen LogP contribution < -0.4 is 9.47 Å². The SMILES string of the molecule is CCOc1c(Br)cc(C=C2SC(=NC3CCCCC3)N(C3CCCCC3)C2=O)cc1OC. The van der Waals surface area contributed by atoms with Crippen molar-refractivity contribution in [3.63, 3.8) is 0 Å². The molecule has 1 aromatic rings. The van der Waals surface area contributed by atoms with Gasteiger partial charge < -0.3 is 9.47 Å². The Morgan fingerprint density at radius 2 is 1.81 bits per heavy atom. The highest BCUT2D eigenvalue weighted by molar-refractivity contribution is 9.10. The van der Waals surface area contributed by atoms with E-state index in [-0.39, 0.29) is 11.9 Å². The lowest BCUT2D eigenvalue weighted by Gasteiger charge is -2.31. The number of nitrogens with zero attached hydrogens (tertiary/aromatic N) is 2. The Kier molecular flexibility index (Phi) is 8.22. The fraction of sp³-hybridized carbons (Fsp3) is 0.600. The summed E-state index contributed by atoms with van der Waals surface area (Å²) in [6.45, 7) is 2.50. The average Bonchev–Trinajstić information content (AvgIpc) is 3.11. The summed E-state index contributed by atoms with van der Waals surface area (Å²) < 4.78 is 12.1. The zero-order valence-corrected chi connectivity index (χ0v) is 21.5. The molecule has 2 aliphatic carbocycles. The van der Waals surface area contributed by atoms with Crippen LogP contribution >= 0.6 is 27.7 Å². The van der Waals surface area contributed by atoms with Gasteiger partial charge in [-0.2, -0.15) is 0 Å². The van der Waals surface area contributed by atoms with E-state index in [0.29, 0.717) is 24.1 Å². The molecule has 7 heteroatoms. The number of amides is 1. The van der Waals surface area contributed by atoms with Gasteiger partial charge in [0.05, 0.1) is 29.1 Å². The van der Waals surface area contributed by atoms with Crippen molar-refractivity contribution in [2.24, 2.45) is 4.99 Å². The Bertz CT molecular complexity index is 889. The fourth-order valence-electron chi connectivity index (χ4n) is 4.86. The van der Waals surface area contributed by atoms with Gasteiger partial charge in [0.1, 0.15) is 0 Å². The second-order valence-electron chi connectivity index (χ2n) is 8.75. The maximum atomic E-state index is 13.6. The molecule has 0 atom stereocenters. The molecule has 0 bridgehead atoms. The van der Waals surface area contributed by atoms with Crippen LogP contribution in [0.5, 0.6) is 11.5 Å². The lowest BCUT2D eigenvalue weighted by atomic mass is 9.94. The minimum absolute atomic E-state index is 0.0976. The molecule has 0 unspecified atom stereocenters. The highest BCUT2D eigenvalue weighted by Gasteiger charge is 2.39. The lowest BCUT2D eigenvalue weighted by molar-refractivity contribution is -0.124. The maximum absolute atomic E-state index is 13.6. The number of ether oxygens (including phenoxy) is 2. The zero-order chi connectivity index (χ0) is 22.5. The van der Waals surface area contributed by atoms with Crippen LogP contribution in [0.3, 0.4) is 0 Å². The first-order valence-corrected chi connectivity index (χ1v) is 13.5. The summed E-state index contributed by atoms with van der Waals surface area (Å²) in [5, 5.41) is 0.914. The van der Waals surface area contributed by atoms with Crippen LogP contribution in [0.2, 0.25) is 0 Å². The Balaban J connectivity index is 1.65. The fourth-order valence-corrected chi connectivity index (χ4v) is 6.55. The molecular weight excluding hydrogens is 488 g/mol. The number of benzene rings is 1. The van der Waals surface area contributed by atoms with Crippen molar-refractivity contribution in [3.8, 4) is 11.5 Å². The van der Waals surface area contributed by atoms with Crippen molar-refractivity contribution >= 4 is 44.8 Å². The molecule has 0 radical (unpaired) electrons. The van der Waals surface area contributed by atoms with Gasteiger partial charge in [-0.1, -0.05) is 38.5 Å². The van der Waals surface area contributed by atoms with Crippen LogP contribution in [-0.4, -0.2) is 41.8 Å². The average molecular weight is 522 g/mol. The third-order valence-corrected chi connectivity index (χ3v) is 8.07. The van der Waals surface area contributed by atoms with E-state index in [1.807, 2.05) is 30.0 Å². The molecule has 0 N–H and O–H groups in total. The van der Waals surface area contributed by atoms with Crippen molar-refractivity contribution in [3.05, 3.63) is 27.1 Å². The van der Waals surface area contributed by atoms with E-state index in [4.69, 9.17) is 14.5 Å². The molecule has 32 heavy (non-hydrogen) atoms. The number of halogens is 1. The number of rotatable bonds is 6. The standard InChI is InChI=1S/C25H33BrN2O3S/c1-3-31-23-20(26)14-17(15-21(23)30-2)16-22-24(29)28(19-12-8-5-9-13-19)25(32-22)27-18-10-6-4-7-11-18/h14-16,18-19H,3-13H2,1-2H3. The number of carbonyl (C=O) groups is 1. The van der Waals surface area contributed by atoms with Crippen molar-refractivity contribution in [1.82, 2.24) is 4.90 Å². The number of carbonyl (C=O) groups excluding carboxylic acids is 1.